The average Bonchev–Trinajstić information content (AvgIpc) is 2.67. The molecule has 8 heteroatoms. The molecule has 0 aromatic heterocycles. The number of methoxy groups -OCH3 is 2. The summed E-state index contributed by atoms with van der Waals surface area (Å²) in [6, 6.07) is 9.81. The van der Waals surface area contributed by atoms with Gasteiger partial charge in [0.05, 0.1) is 29.9 Å². The molecule has 3 rings (SSSR count). The highest BCUT2D eigenvalue weighted by molar-refractivity contribution is 7.85. The summed E-state index contributed by atoms with van der Waals surface area (Å²) in [5.74, 6) is 1.51. The molecular weight excluding hydrogens is 356 g/mol. The Hall–Kier alpha value is -2.45. The molecule has 0 bridgehead atoms. The van der Waals surface area contributed by atoms with Crippen LogP contribution in [0, 0.1) is 10.1 Å². The number of fused-ring (bicyclic) bond motifs is 1. The van der Waals surface area contributed by atoms with Gasteiger partial charge in [-0.05, 0) is 42.3 Å². The number of ether oxygens (including phenoxy) is 2. The van der Waals surface area contributed by atoms with Crippen molar-refractivity contribution in [3.05, 3.63) is 57.6 Å². The summed E-state index contributed by atoms with van der Waals surface area (Å²) in [5.41, 5.74) is 1.97. The number of nitro groups is 1. The van der Waals surface area contributed by atoms with E-state index in [1.165, 1.54) is 6.07 Å². The van der Waals surface area contributed by atoms with Gasteiger partial charge in [-0.15, -0.1) is 0 Å². The van der Waals surface area contributed by atoms with Crippen molar-refractivity contribution in [2.45, 2.75) is 17.4 Å². The topological polar surface area (TPSA) is 90.7 Å². The molecule has 0 saturated heterocycles. The van der Waals surface area contributed by atoms with E-state index in [4.69, 9.17) is 9.47 Å². The van der Waals surface area contributed by atoms with E-state index in [0.29, 0.717) is 11.5 Å². The lowest BCUT2D eigenvalue weighted by molar-refractivity contribution is -0.387. The zero-order chi connectivity index (χ0) is 18.7. The van der Waals surface area contributed by atoms with Crippen LogP contribution in [0.15, 0.2) is 41.3 Å². The minimum Gasteiger partial charge on any atom is -0.493 e. The number of rotatable bonds is 6. The highest BCUT2D eigenvalue weighted by atomic mass is 32.2. The second kappa shape index (κ2) is 7.84. The molecular formula is C18H20N2O5S. The van der Waals surface area contributed by atoms with Crippen molar-refractivity contribution < 1.29 is 18.6 Å². The van der Waals surface area contributed by atoms with E-state index < -0.39 is 15.7 Å². The fourth-order valence-corrected chi connectivity index (χ4v) is 4.55. The second-order valence-electron chi connectivity index (χ2n) is 5.90. The van der Waals surface area contributed by atoms with Crippen LogP contribution in [-0.4, -0.2) is 35.6 Å². The van der Waals surface area contributed by atoms with E-state index in [1.807, 2.05) is 12.1 Å². The standard InChI is InChI=1S/C18H20N2O5S/c1-24-16-9-12-7-8-19-14(13(12)10-17(16)25-2)11-26(23)18-6-4-3-5-15(18)20(21)22/h3-6,9-10,14,19H,7-8,11H2,1-2H3/t14-,26-/m1/s1. The van der Waals surface area contributed by atoms with Crippen LogP contribution in [0.4, 0.5) is 5.69 Å². The van der Waals surface area contributed by atoms with E-state index in [1.54, 1.807) is 32.4 Å². The molecule has 138 valence electrons. The van der Waals surface area contributed by atoms with Gasteiger partial charge in [-0.1, -0.05) is 12.1 Å². The predicted molar refractivity (Wildman–Crippen MR) is 98.4 cm³/mol. The number of hydrogen-bond acceptors (Lipinski definition) is 6. The third-order valence-electron chi connectivity index (χ3n) is 4.43. The van der Waals surface area contributed by atoms with Gasteiger partial charge in [0.2, 0.25) is 0 Å². The van der Waals surface area contributed by atoms with Crippen LogP contribution in [-0.2, 0) is 17.2 Å². The first-order chi connectivity index (χ1) is 12.5. The van der Waals surface area contributed by atoms with Gasteiger partial charge >= 0.3 is 0 Å². The summed E-state index contributed by atoms with van der Waals surface area (Å²) < 4.78 is 23.6. The molecule has 1 N–H and O–H groups in total. The fraction of sp³-hybridized carbons (Fsp3) is 0.333. The third kappa shape index (κ3) is 3.56. The van der Waals surface area contributed by atoms with Gasteiger partial charge in [0.1, 0.15) is 4.90 Å². The maximum absolute atomic E-state index is 12.8. The zero-order valence-corrected chi connectivity index (χ0v) is 15.4. The minimum absolute atomic E-state index is 0.117. The highest BCUT2D eigenvalue weighted by Crippen LogP contribution is 2.36. The van der Waals surface area contributed by atoms with Gasteiger partial charge in [0.25, 0.3) is 5.69 Å². The number of nitrogens with zero attached hydrogens (tertiary/aromatic N) is 1. The normalized spacial score (nSPS) is 17.2. The summed E-state index contributed by atoms with van der Waals surface area (Å²) in [4.78, 5) is 10.9. The lowest BCUT2D eigenvalue weighted by Crippen LogP contribution is -2.33. The molecule has 26 heavy (non-hydrogen) atoms. The molecule has 1 aliphatic heterocycles. The Bertz CT molecular complexity index is 855. The summed E-state index contributed by atoms with van der Waals surface area (Å²) in [6.07, 6.45) is 0.824. The van der Waals surface area contributed by atoms with Crippen LogP contribution in [0.2, 0.25) is 0 Å². The number of nitro benzene ring substituents is 1. The Morgan fingerprint density at radius 1 is 1.23 bits per heavy atom. The first-order valence-corrected chi connectivity index (χ1v) is 9.47. The molecule has 0 fully saturated rings. The van der Waals surface area contributed by atoms with Crippen LogP contribution in [0.3, 0.4) is 0 Å². The summed E-state index contributed by atoms with van der Waals surface area (Å²) >= 11 is 0. The molecule has 2 aromatic carbocycles. The quantitative estimate of drug-likeness (QED) is 0.616. The van der Waals surface area contributed by atoms with Crippen LogP contribution < -0.4 is 14.8 Å². The molecule has 1 heterocycles. The van der Waals surface area contributed by atoms with Crippen molar-refractivity contribution >= 4 is 16.5 Å². The Morgan fingerprint density at radius 2 is 1.92 bits per heavy atom. The molecule has 0 radical (unpaired) electrons. The van der Waals surface area contributed by atoms with Gasteiger partial charge in [0.15, 0.2) is 11.5 Å². The molecule has 2 atom stereocenters. The first kappa shape index (κ1) is 18.3. The lowest BCUT2D eigenvalue weighted by atomic mass is 9.94. The van der Waals surface area contributed by atoms with Crippen molar-refractivity contribution in [3.63, 3.8) is 0 Å². The van der Waals surface area contributed by atoms with Gasteiger partial charge in [-0.25, -0.2) is 0 Å². The third-order valence-corrected chi connectivity index (χ3v) is 5.90. The summed E-state index contributed by atoms with van der Waals surface area (Å²) in [7, 11) is 1.65. The molecule has 0 aliphatic carbocycles. The highest BCUT2D eigenvalue weighted by Gasteiger charge is 2.27. The Morgan fingerprint density at radius 3 is 2.62 bits per heavy atom. The predicted octanol–water partition coefficient (Wildman–Crippen LogP) is 2.61. The Labute approximate surface area is 153 Å². The van der Waals surface area contributed by atoms with Gasteiger partial charge in [0, 0.05) is 17.9 Å². The first-order valence-electron chi connectivity index (χ1n) is 8.15. The van der Waals surface area contributed by atoms with Crippen molar-refractivity contribution in [1.82, 2.24) is 5.32 Å². The van der Waals surface area contributed by atoms with E-state index in [0.717, 1.165) is 24.1 Å². The molecule has 0 spiro atoms. The molecule has 7 nitrogen and oxygen atoms in total. The largest absolute Gasteiger partial charge is 0.493 e. The second-order valence-corrected chi connectivity index (χ2v) is 7.36. The van der Waals surface area contributed by atoms with Gasteiger partial charge < -0.3 is 14.8 Å². The molecule has 0 saturated carbocycles. The number of hydrogen-bond donors (Lipinski definition) is 1. The van der Waals surface area contributed by atoms with E-state index in [-0.39, 0.29) is 22.4 Å². The van der Waals surface area contributed by atoms with Gasteiger partial charge in [-0.3, -0.25) is 14.3 Å². The average molecular weight is 376 g/mol. The van der Waals surface area contributed by atoms with Crippen molar-refractivity contribution in [3.8, 4) is 11.5 Å². The molecule has 0 amide bonds. The Balaban J connectivity index is 1.91. The van der Waals surface area contributed by atoms with E-state index in [9.17, 15) is 14.3 Å². The summed E-state index contributed by atoms with van der Waals surface area (Å²) in [5, 5.41) is 14.6. The van der Waals surface area contributed by atoms with Crippen molar-refractivity contribution in [2.24, 2.45) is 0 Å². The molecule has 2 aromatic rings. The Kier molecular flexibility index (Phi) is 5.53. The van der Waals surface area contributed by atoms with E-state index in [2.05, 4.69) is 5.32 Å². The number of para-hydroxylation sites is 1. The van der Waals surface area contributed by atoms with E-state index >= 15 is 0 Å². The summed E-state index contributed by atoms with van der Waals surface area (Å²) in [6.45, 7) is 0.737. The number of benzene rings is 2. The van der Waals surface area contributed by atoms with Crippen LogP contribution in [0.1, 0.15) is 17.2 Å². The maximum Gasteiger partial charge on any atom is 0.285 e. The van der Waals surface area contributed by atoms with Crippen molar-refractivity contribution in [2.75, 3.05) is 26.5 Å². The smallest absolute Gasteiger partial charge is 0.285 e. The maximum atomic E-state index is 12.8. The fourth-order valence-electron chi connectivity index (χ4n) is 3.16. The zero-order valence-electron chi connectivity index (χ0n) is 14.6. The SMILES string of the molecule is COc1cc2c(cc1OC)[C@@H](C[S@@](=O)c1ccccc1[N+](=O)[O-])NCC2. The number of nitrogens with one attached hydrogen (secondary N) is 1. The van der Waals surface area contributed by atoms with Crippen molar-refractivity contribution in [1.29, 1.82) is 0 Å². The van der Waals surface area contributed by atoms with Crippen LogP contribution >= 0.6 is 0 Å². The monoisotopic (exact) mass is 376 g/mol. The van der Waals surface area contributed by atoms with Crippen LogP contribution in [0.25, 0.3) is 0 Å². The lowest BCUT2D eigenvalue weighted by Gasteiger charge is -2.27. The molecule has 1 aliphatic rings. The van der Waals surface area contributed by atoms with Gasteiger partial charge in [-0.2, -0.15) is 0 Å². The minimum atomic E-state index is -1.51. The van der Waals surface area contributed by atoms with Crippen LogP contribution in [0.5, 0.6) is 11.5 Å². The molecule has 0 unspecified atom stereocenters.